The Balaban J connectivity index is 1.60. The normalized spacial score (nSPS) is 37.1. The third-order valence-corrected chi connectivity index (χ3v) is 5.18. The van der Waals surface area contributed by atoms with Gasteiger partial charge < -0.3 is 19.9 Å². The van der Waals surface area contributed by atoms with Crippen molar-refractivity contribution in [3.8, 4) is 0 Å². The maximum absolute atomic E-state index is 10.7. The molecule has 3 saturated heterocycles. The molecule has 4 nitrogen and oxygen atoms in total. The van der Waals surface area contributed by atoms with Crippen LogP contribution in [0.2, 0.25) is 0 Å². The third kappa shape index (κ3) is 3.13. The first-order valence-corrected chi connectivity index (χ1v) is 7.92. The molecule has 0 aliphatic carbocycles. The Morgan fingerprint density at radius 3 is 2.68 bits per heavy atom. The van der Waals surface area contributed by atoms with Crippen LogP contribution in [0.15, 0.2) is 0 Å². The van der Waals surface area contributed by atoms with Crippen molar-refractivity contribution in [3.63, 3.8) is 0 Å². The van der Waals surface area contributed by atoms with Gasteiger partial charge in [0.1, 0.15) is 0 Å². The average molecular weight is 269 g/mol. The van der Waals surface area contributed by atoms with Crippen molar-refractivity contribution in [3.05, 3.63) is 0 Å². The molecule has 0 aromatic heterocycles. The van der Waals surface area contributed by atoms with Crippen LogP contribution in [0, 0.1) is 5.92 Å². The number of hydrogen-bond donors (Lipinski definition) is 2. The molecule has 3 heterocycles. The van der Waals surface area contributed by atoms with E-state index < -0.39 is 0 Å². The van der Waals surface area contributed by atoms with E-state index in [-0.39, 0.29) is 11.7 Å². The van der Waals surface area contributed by atoms with E-state index in [9.17, 15) is 5.11 Å². The molecule has 3 unspecified atom stereocenters. The fourth-order valence-electron chi connectivity index (χ4n) is 3.95. The smallest absolute Gasteiger partial charge is 0.0730 e. The van der Waals surface area contributed by atoms with Crippen LogP contribution in [0.3, 0.4) is 0 Å². The van der Waals surface area contributed by atoms with Crippen molar-refractivity contribution in [1.29, 1.82) is 0 Å². The van der Waals surface area contributed by atoms with Gasteiger partial charge in [-0.05, 0) is 51.0 Å². The lowest BCUT2D eigenvalue weighted by Crippen LogP contribution is -2.52. The van der Waals surface area contributed by atoms with Gasteiger partial charge in [0, 0.05) is 25.9 Å². The Bertz CT molecular complexity index is 280. The summed E-state index contributed by atoms with van der Waals surface area (Å²) in [5.41, 5.74) is -0.00316. The predicted octanol–water partition coefficient (Wildman–Crippen LogP) is 1.47. The van der Waals surface area contributed by atoms with E-state index in [1.165, 1.54) is 12.8 Å². The predicted molar refractivity (Wildman–Crippen MR) is 73.1 cm³/mol. The lowest BCUT2D eigenvalue weighted by molar-refractivity contribution is -0.161. The van der Waals surface area contributed by atoms with Crippen molar-refractivity contribution in [2.24, 2.45) is 5.92 Å². The quantitative estimate of drug-likeness (QED) is 0.797. The minimum Gasteiger partial charge on any atom is -0.391 e. The van der Waals surface area contributed by atoms with Crippen LogP contribution in [-0.2, 0) is 9.47 Å². The van der Waals surface area contributed by atoms with Crippen LogP contribution in [0.25, 0.3) is 0 Å². The van der Waals surface area contributed by atoms with Crippen molar-refractivity contribution in [1.82, 2.24) is 5.32 Å². The first-order valence-electron chi connectivity index (χ1n) is 7.92. The standard InChI is InChI=1S/C15H27NO3/c17-14(13-3-1-2-7-16-13)12-4-8-19-15(11-12)5-9-18-10-6-15/h12-14,16-17H,1-11H2. The minimum atomic E-state index is -0.205. The lowest BCUT2D eigenvalue weighted by atomic mass is 9.76. The molecule has 3 rings (SSSR count). The monoisotopic (exact) mass is 269 g/mol. The van der Waals surface area contributed by atoms with Crippen LogP contribution in [-0.4, -0.2) is 49.2 Å². The highest BCUT2D eigenvalue weighted by atomic mass is 16.5. The molecule has 3 atom stereocenters. The van der Waals surface area contributed by atoms with Gasteiger partial charge in [0.2, 0.25) is 0 Å². The molecule has 2 N–H and O–H groups in total. The molecular weight excluding hydrogens is 242 g/mol. The molecule has 0 aromatic rings. The van der Waals surface area contributed by atoms with E-state index in [0.717, 1.165) is 58.5 Å². The molecule has 0 saturated carbocycles. The molecule has 1 spiro atoms. The Hall–Kier alpha value is -0.160. The largest absolute Gasteiger partial charge is 0.391 e. The summed E-state index contributed by atoms with van der Waals surface area (Å²) in [6, 6.07) is 0.300. The molecule has 0 radical (unpaired) electrons. The van der Waals surface area contributed by atoms with Gasteiger partial charge in [0.15, 0.2) is 0 Å². The van der Waals surface area contributed by atoms with Crippen LogP contribution in [0.1, 0.15) is 44.9 Å². The molecule has 0 amide bonds. The van der Waals surface area contributed by atoms with Gasteiger partial charge in [-0.2, -0.15) is 0 Å². The SMILES string of the molecule is OC(C1CCOC2(CCOCC2)C1)C1CCCCN1. The fraction of sp³-hybridized carbons (Fsp3) is 1.00. The summed E-state index contributed by atoms with van der Waals surface area (Å²) in [6.45, 7) is 3.48. The Morgan fingerprint density at radius 2 is 1.95 bits per heavy atom. The van der Waals surface area contributed by atoms with E-state index >= 15 is 0 Å². The topological polar surface area (TPSA) is 50.7 Å². The van der Waals surface area contributed by atoms with Crippen molar-refractivity contribution in [2.45, 2.75) is 62.7 Å². The van der Waals surface area contributed by atoms with E-state index in [0.29, 0.717) is 12.0 Å². The van der Waals surface area contributed by atoms with Gasteiger partial charge in [0.05, 0.1) is 11.7 Å². The first kappa shape index (κ1) is 13.8. The number of aliphatic hydroxyl groups is 1. The summed E-state index contributed by atoms with van der Waals surface area (Å²) in [6.07, 6.45) is 7.41. The second-order valence-corrected chi connectivity index (χ2v) is 6.44. The molecule has 3 fully saturated rings. The van der Waals surface area contributed by atoms with Gasteiger partial charge in [-0.1, -0.05) is 6.42 Å². The zero-order chi connectivity index (χ0) is 13.1. The number of rotatable bonds is 2. The Morgan fingerprint density at radius 1 is 1.11 bits per heavy atom. The molecule has 0 bridgehead atoms. The van der Waals surface area contributed by atoms with Crippen molar-refractivity contribution >= 4 is 0 Å². The van der Waals surface area contributed by atoms with Crippen molar-refractivity contribution < 1.29 is 14.6 Å². The zero-order valence-corrected chi connectivity index (χ0v) is 11.8. The molecule has 110 valence electrons. The van der Waals surface area contributed by atoms with E-state index in [2.05, 4.69) is 5.32 Å². The fourth-order valence-corrected chi connectivity index (χ4v) is 3.95. The molecule has 4 heteroatoms. The van der Waals surface area contributed by atoms with Gasteiger partial charge in [-0.25, -0.2) is 0 Å². The first-order chi connectivity index (χ1) is 9.29. The molecular formula is C15H27NO3. The lowest BCUT2D eigenvalue weighted by Gasteiger charge is -2.45. The molecule has 3 aliphatic rings. The number of piperidine rings is 1. The Labute approximate surface area is 115 Å². The number of ether oxygens (including phenoxy) is 2. The summed E-state index contributed by atoms with van der Waals surface area (Å²) in [5, 5.41) is 14.2. The summed E-state index contributed by atoms with van der Waals surface area (Å²) in [7, 11) is 0. The number of hydrogen-bond acceptors (Lipinski definition) is 4. The van der Waals surface area contributed by atoms with Gasteiger partial charge >= 0.3 is 0 Å². The summed E-state index contributed by atoms with van der Waals surface area (Å²) >= 11 is 0. The third-order valence-electron chi connectivity index (χ3n) is 5.18. The summed E-state index contributed by atoms with van der Waals surface area (Å²) in [4.78, 5) is 0. The second kappa shape index (κ2) is 6.08. The molecule has 0 aromatic carbocycles. The summed E-state index contributed by atoms with van der Waals surface area (Å²) < 4.78 is 11.5. The maximum atomic E-state index is 10.7. The highest BCUT2D eigenvalue weighted by molar-refractivity contribution is 4.94. The summed E-state index contributed by atoms with van der Waals surface area (Å²) in [5.74, 6) is 0.391. The average Bonchev–Trinajstić information content (AvgIpc) is 2.48. The van der Waals surface area contributed by atoms with Crippen molar-refractivity contribution in [2.75, 3.05) is 26.4 Å². The van der Waals surface area contributed by atoms with Crippen LogP contribution >= 0.6 is 0 Å². The van der Waals surface area contributed by atoms with Crippen LogP contribution in [0.5, 0.6) is 0 Å². The van der Waals surface area contributed by atoms with E-state index in [1.54, 1.807) is 0 Å². The molecule has 19 heavy (non-hydrogen) atoms. The van der Waals surface area contributed by atoms with Crippen LogP contribution in [0.4, 0.5) is 0 Å². The Kier molecular flexibility index (Phi) is 4.42. The van der Waals surface area contributed by atoms with Gasteiger partial charge in [-0.15, -0.1) is 0 Å². The van der Waals surface area contributed by atoms with Gasteiger partial charge in [0.25, 0.3) is 0 Å². The highest BCUT2D eigenvalue weighted by Gasteiger charge is 2.42. The number of aliphatic hydroxyl groups excluding tert-OH is 1. The second-order valence-electron chi connectivity index (χ2n) is 6.44. The highest BCUT2D eigenvalue weighted by Crippen LogP contribution is 2.39. The molecule has 3 aliphatic heterocycles. The van der Waals surface area contributed by atoms with E-state index in [4.69, 9.17) is 9.47 Å². The van der Waals surface area contributed by atoms with E-state index in [1.807, 2.05) is 0 Å². The maximum Gasteiger partial charge on any atom is 0.0730 e. The van der Waals surface area contributed by atoms with Gasteiger partial charge in [-0.3, -0.25) is 0 Å². The minimum absolute atomic E-state index is 0.00316. The number of nitrogens with one attached hydrogen (secondary N) is 1. The zero-order valence-electron chi connectivity index (χ0n) is 11.8. The van der Waals surface area contributed by atoms with Crippen LogP contribution < -0.4 is 5.32 Å².